The van der Waals surface area contributed by atoms with E-state index in [-0.39, 0.29) is 26.4 Å². The second-order valence-corrected chi connectivity index (χ2v) is 14.2. The highest BCUT2D eigenvalue weighted by atomic mass is 16.7. The van der Waals surface area contributed by atoms with Gasteiger partial charge in [0, 0.05) is 14.2 Å². The minimum Gasteiger partial charge on any atom is -0.432 e. The van der Waals surface area contributed by atoms with Crippen LogP contribution in [0.15, 0.2) is 0 Å². The van der Waals surface area contributed by atoms with Crippen LogP contribution in [0.25, 0.3) is 0 Å². The first kappa shape index (κ1) is 70.4. The van der Waals surface area contributed by atoms with Crippen molar-refractivity contribution in [2.45, 2.75) is 0 Å². The second kappa shape index (κ2) is 67.4. The Bertz CT molecular complexity index is 910. The van der Waals surface area contributed by atoms with Crippen molar-refractivity contribution >= 4 is 6.16 Å². The lowest BCUT2D eigenvalue weighted by Gasteiger charge is -2.09. The van der Waals surface area contributed by atoms with Gasteiger partial charge < -0.3 is 114 Å². The van der Waals surface area contributed by atoms with Gasteiger partial charge in [-0.1, -0.05) is 0 Å². The van der Waals surface area contributed by atoms with E-state index in [1.165, 1.54) is 0 Å². The molecule has 0 aliphatic heterocycles. The molecule has 0 bridgehead atoms. The first-order valence-corrected chi connectivity index (χ1v) is 25.1. The number of carbonyl (C=O) groups is 1. The molecule has 0 amide bonds. The van der Waals surface area contributed by atoms with Gasteiger partial charge in [0.15, 0.2) is 0 Å². The molecule has 0 fully saturated rings. The Labute approximate surface area is 428 Å². The molecule has 0 aromatic rings. The van der Waals surface area contributed by atoms with Gasteiger partial charge in [0.05, 0.1) is 277 Å². The van der Waals surface area contributed by atoms with E-state index in [4.69, 9.17) is 114 Å². The third kappa shape index (κ3) is 66.4. The van der Waals surface area contributed by atoms with E-state index in [9.17, 15) is 4.79 Å². The van der Waals surface area contributed by atoms with Crippen molar-refractivity contribution in [3.05, 3.63) is 0 Å². The van der Waals surface area contributed by atoms with Gasteiger partial charge >= 0.3 is 6.16 Å². The molecule has 0 aliphatic carbocycles. The Morgan fingerprint density at radius 1 is 0.167 bits per heavy atom. The molecule has 25 heteroatoms. The van der Waals surface area contributed by atoms with Crippen molar-refractivity contribution in [1.29, 1.82) is 0 Å². The lowest BCUT2D eigenvalue weighted by molar-refractivity contribution is -0.0294. The molecule has 0 unspecified atom stereocenters. The molecular weight excluding hydrogens is 964 g/mol. The molecule has 0 aromatic carbocycles. The standard InChI is InChI=1S/C47H94O25/c1-49-3-5-51-7-9-53-11-13-55-15-17-57-19-21-59-23-25-61-27-29-63-31-33-65-35-37-67-39-41-69-43-45-71-47(48)72-46-44-70-42-40-68-38-36-66-34-32-64-30-28-62-26-24-60-22-20-58-18-16-56-14-12-54-10-8-52-6-4-50-2/h3-46H2,1-2H3. The Balaban J connectivity index is 3.14. The number of methoxy groups -OCH3 is 2. The van der Waals surface area contributed by atoms with Crippen molar-refractivity contribution in [2.24, 2.45) is 0 Å². The molecule has 25 nitrogen and oxygen atoms in total. The summed E-state index contributed by atoms with van der Waals surface area (Å²) in [7, 11) is 3.28. The van der Waals surface area contributed by atoms with Crippen molar-refractivity contribution in [2.75, 3.05) is 305 Å². The predicted molar refractivity (Wildman–Crippen MR) is 257 cm³/mol. The van der Waals surface area contributed by atoms with Gasteiger partial charge in [0.25, 0.3) is 0 Å². The molecule has 0 aliphatic rings. The predicted octanol–water partition coefficient (Wildman–Crippen LogP) is 0.764. The van der Waals surface area contributed by atoms with Gasteiger partial charge in [-0.2, -0.15) is 0 Å². The fraction of sp³-hybridized carbons (Fsp3) is 0.979. The van der Waals surface area contributed by atoms with E-state index in [2.05, 4.69) is 0 Å². The summed E-state index contributed by atoms with van der Waals surface area (Å²) < 4.78 is 129. The van der Waals surface area contributed by atoms with Crippen LogP contribution in [-0.2, 0) is 114 Å². The van der Waals surface area contributed by atoms with E-state index in [1.54, 1.807) is 14.2 Å². The molecular formula is C47H94O25. The van der Waals surface area contributed by atoms with E-state index in [0.29, 0.717) is 264 Å². The van der Waals surface area contributed by atoms with Crippen molar-refractivity contribution in [3.8, 4) is 0 Å². The summed E-state index contributed by atoms with van der Waals surface area (Å²) in [5.41, 5.74) is 0. The maximum Gasteiger partial charge on any atom is 0.508 e. The Kier molecular flexibility index (Phi) is 65.9. The van der Waals surface area contributed by atoms with E-state index in [0.717, 1.165) is 0 Å². The number of carbonyl (C=O) groups excluding carboxylic acids is 1. The zero-order chi connectivity index (χ0) is 51.7. The molecule has 0 N–H and O–H groups in total. The maximum absolute atomic E-state index is 11.7. The zero-order valence-electron chi connectivity index (χ0n) is 43.8. The third-order valence-corrected chi connectivity index (χ3v) is 8.45. The van der Waals surface area contributed by atoms with Gasteiger partial charge in [0.2, 0.25) is 0 Å². The first-order valence-electron chi connectivity index (χ1n) is 25.1. The minimum absolute atomic E-state index is 0.0646. The van der Waals surface area contributed by atoms with Gasteiger partial charge in [-0.3, -0.25) is 0 Å². The molecule has 0 heterocycles. The summed E-state index contributed by atoms with van der Waals surface area (Å²) in [6.45, 7) is 19.9. The largest absolute Gasteiger partial charge is 0.508 e. The summed E-state index contributed by atoms with van der Waals surface area (Å²) in [6.07, 6.45) is -0.787. The van der Waals surface area contributed by atoms with Gasteiger partial charge in [-0.15, -0.1) is 0 Å². The third-order valence-electron chi connectivity index (χ3n) is 8.45. The van der Waals surface area contributed by atoms with E-state index >= 15 is 0 Å². The molecule has 0 spiro atoms. The minimum atomic E-state index is -0.787. The Morgan fingerprint density at radius 3 is 0.375 bits per heavy atom. The van der Waals surface area contributed by atoms with Gasteiger partial charge in [0.1, 0.15) is 13.2 Å². The molecule has 0 radical (unpaired) electrons. The first-order chi connectivity index (χ1) is 35.8. The molecule has 432 valence electrons. The average Bonchev–Trinajstić information content (AvgIpc) is 3.39. The molecule has 0 rings (SSSR count). The van der Waals surface area contributed by atoms with Crippen LogP contribution >= 0.6 is 0 Å². The van der Waals surface area contributed by atoms with Crippen LogP contribution in [0, 0.1) is 0 Å². The highest BCUT2D eigenvalue weighted by Crippen LogP contribution is 1.92. The van der Waals surface area contributed by atoms with Crippen LogP contribution in [0.5, 0.6) is 0 Å². The van der Waals surface area contributed by atoms with Crippen LogP contribution in [0.3, 0.4) is 0 Å². The second-order valence-electron chi connectivity index (χ2n) is 14.2. The lowest BCUT2D eigenvalue weighted by Crippen LogP contribution is -2.17. The maximum atomic E-state index is 11.7. The smallest absolute Gasteiger partial charge is 0.432 e. The normalized spacial score (nSPS) is 11.6. The quantitative estimate of drug-likeness (QED) is 0.0604. The van der Waals surface area contributed by atoms with Crippen LogP contribution in [0.2, 0.25) is 0 Å². The fourth-order valence-corrected chi connectivity index (χ4v) is 4.86. The number of ether oxygens (including phenoxy) is 24. The summed E-state index contributed by atoms with van der Waals surface area (Å²) in [5, 5.41) is 0. The van der Waals surface area contributed by atoms with Crippen molar-refractivity contribution in [3.63, 3.8) is 0 Å². The monoisotopic (exact) mass is 1060 g/mol. The fourth-order valence-electron chi connectivity index (χ4n) is 4.86. The summed E-state index contributed by atoms with van der Waals surface area (Å²) in [5.74, 6) is 0. The Morgan fingerprint density at radius 2 is 0.264 bits per heavy atom. The van der Waals surface area contributed by atoms with E-state index < -0.39 is 6.16 Å². The number of hydrogen-bond donors (Lipinski definition) is 0. The van der Waals surface area contributed by atoms with Crippen LogP contribution in [-0.4, -0.2) is 311 Å². The topological polar surface area (TPSA) is 239 Å². The van der Waals surface area contributed by atoms with E-state index in [1.807, 2.05) is 0 Å². The van der Waals surface area contributed by atoms with Crippen LogP contribution in [0.4, 0.5) is 4.79 Å². The molecule has 72 heavy (non-hydrogen) atoms. The van der Waals surface area contributed by atoms with Crippen molar-refractivity contribution in [1.82, 2.24) is 0 Å². The SMILES string of the molecule is COCCOCCOCCOCCOCCOCCOCCOCCOCCOCCOCCOC(=O)OCCOCCOCCOCCOCCOCCOCCOCCOCCOCCOCCOC. The molecule has 0 saturated heterocycles. The van der Waals surface area contributed by atoms with Crippen LogP contribution < -0.4 is 0 Å². The summed E-state index contributed by atoms with van der Waals surface area (Å²) in [6, 6.07) is 0. The number of hydrogen-bond acceptors (Lipinski definition) is 25. The van der Waals surface area contributed by atoms with Gasteiger partial charge in [-0.25, -0.2) is 4.79 Å². The lowest BCUT2D eigenvalue weighted by atomic mass is 10.6. The molecule has 0 atom stereocenters. The van der Waals surface area contributed by atoms with Crippen molar-refractivity contribution < 1.29 is 118 Å². The highest BCUT2D eigenvalue weighted by molar-refractivity contribution is 5.59. The Hall–Kier alpha value is -1.61. The summed E-state index contributed by atoms with van der Waals surface area (Å²) >= 11 is 0. The summed E-state index contributed by atoms with van der Waals surface area (Å²) in [4.78, 5) is 11.7. The average molecular weight is 1060 g/mol. The van der Waals surface area contributed by atoms with Gasteiger partial charge in [-0.05, 0) is 0 Å². The molecule has 0 aromatic heterocycles. The highest BCUT2D eigenvalue weighted by Gasteiger charge is 2.04. The van der Waals surface area contributed by atoms with Crippen LogP contribution in [0.1, 0.15) is 0 Å². The number of rotatable bonds is 66. The zero-order valence-corrected chi connectivity index (χ0v) is 43.8. The molecule has 0 saturated carbocycles.